The van der Waals surface area contributed by atoms with Crippen LogP contribution in [0.1, 0.15) is 42.7 Å². The second-order valence-electron chi connectivity index (χ2n) is 8.66. The molecule has 0 unspecified atom stereocenters. The molecule has 0 spiro atoms. The SMILES string of the molecule is N#Cc1ccnc(Nc2cc(C3CC3)cc(-c3cncc(OC4CCN(C(N)=O)CC4)c3)n2)c1. The molecule has 0 bridgehead atoms. The molecule has 9 nitrogen and oxygen atoms in total. The lowest BCUT2D eigenvalue weighted by atomic mass is 10.1. The molecule has 172 valence electrons. The van der Waals surface area contributed by atoms with Crippen LogP contribution >= 0.6 is 0 Å². The first-order valence-electron chi connectivity index (χ1n) is 11.4. The van der Waals surface area contributed by atoms with Crippen LogP contribution in [0, 0.1) is 11.3 Å². The molecule has 34 heavy (non-hydrogen) atoms. The normalized spacial score (nSPS) is 16.0. The van der Waals surface area contributed by atoms with Crippen LogP contribution in [0.5, 0.6) is 5.75 Å². The third-order valence-electron chi connectivity index (χ3n) is 6.11. The van der Waals surface area contributed by atoms with E-state index < -0.39 is 0 Å². The summed E-state index contributed by atoms with van der Waals surface area (Å²) >= 11 is 0. The van der Waals surface area contributed by atoms with Crippen LogP contribution in [-0.2, 0) is 0 Å². The van der Waals surface area contributed by atoms with Crippen LogP contribution in [0.4, 0.5) is 16.4 Å². The topological polar surface area (TPSA) is 130 Å². The molecule has 2 fully saturated rings. The number of carbonyl (C=O) groups is 1. The van der Waals surface area contributed by atoms with Crippen LogP contribution in [0.15, 0.2) is 48.9 Å². The molecule has 3 N–H and O–H groups in total. The van der Waals surface area contributed by atoms with Crippen molar-refractivity contribution in [3.05, 3.63) is 60.0 Å². The summed E-state index contributed by atoms with van der Waals surface area (Å²) in [5, 5.41) is 12.4. The van der Waals surface area contributed by atoms with Gasteiger partial charge in [-0.05, 0) is 54.7 Å². The fraction of sp³-hybridized carbons (Fsp3) is 0.320. The Labute approximate surface area is 197 Å². The zero-order valence-electron chi connectivity index (χ0n) is 18.6. The smallest absolute Gasteiger partial charge is 0.314 e. The molecule has 1 saturated carbocycles. The fourth-order valence-electron chi connectivity index (χ4n) is 4.13. The molecule has 2 amide bonds. The minimum Gasteiger partial charge on any atom is -0.489 e. The van der Waals surface area contributed by atoms with Gasteiger partial charge in [0, 0.05) is 43.9 Å². The molecule has 1 saturated heterocycles. The van der Waals surface area contributed by atoms with Crippen LogP contribution < -0.4 is 15.8 Å². The zero-order chi connectivity index (χ0) is 23.5. The highest BCUT2D eigenvalue weighted by atomic mass is 16.5. The summed E-state index contributed by atoms with van der Waals surface area (Å²) in [5.74, 6) is 2.45. The number of rotatable bonds is 6. The van der Waals surface area contributed by atoms with E-state index >= 15 is 0 Å². The summed E-state index contributed by atoms with van der Waals surface area (Å²) in [7, 11) is 0. The molecule has 1 aliphatic carbocycles. The van der Waals surface area contributed by atoms with Gasteiger partial charge in [0.2, 0.25) is 0 Å². The standard InChI is InChI=1S/C25H25N7O2/c26-13-16-3-6-29-23(9-16)31-24-12-18(17-1-2-17)11-22(30-24)19-10-21(15-28-14-19)34-20-4-7-32(8-5-20)25(27)33/h3,6,9-12,14-15,17,20H,1-2,4-5,7-8H2,(H2,27,33)(H,29,30,31). The van der Waals surface area contributed by atoms with E-state index in [0.717, 1.165) is 36.9 Å². The summed E-state index contributed by atoms with van der Waals surface area (Å²) < 4.78 is 6.16. The average molecular weight is 456 g/mol. The first-order chi connectivity index (χ1) is 16.6. The molecule has 4 heterocycles. The van der Waals surface area contributed by atoms with Crippen molar-refractivity contribution < 1.29 is 9.53 Å². The maximum atomic E-state index is 11.3. The number of aromatic nitrogens is 3. The van der Waals surface area contributed by atoms with E-state index in [-0.39, 0.29) is 12.1 Å². The van der Waals surface area contributed by atoms with Crippen molar-refractivity contribution in [2.24, 2.45) is 5.73 Å². The van der Waals surface area contributed by atoms with Gasteiger partial charge >= 0.3 is 6.03 Å². The Balaban J connectivity index is 1.37. The highest BCUT2D eigenvalue weighted by Gasteiger charge is 2.25. The van der Waals surface area contributed by atoms with Crippen molar-refractivity contribution in [3.63, 3.8) is 0 Å². The van der Waals surface area contributed by atoms with Crippen LogP contribution in [0.25, 0.3) is 11.3 Å². The number of ether oxygens (including phenoxy) is 1. The number of nitrogens with zero attached hydrogens (tertiary/aromatic N) is 5. The summed E-state index contributed by atoms with van der Waals surface area (Å²) in [5.41, 5.74) is 8.77. The van der Waals surface area contributed by atoms with Crippen molar-refractivity contribution in [3.8, 4) is 23.1 Å². The van der Waals surface area contributed by atoms with Crippen LogP contribution in [-0.4, -0.2) is 45.1 Å². The van der Waals surface area contributed by atoms with Gasteiger partial charge in [0.15, 0.2) is 0 Å². The molecule has 0 radical (unpaired) electrons. The number of piperidine rings is 1. The Bertz CT molecular complexity index is 1240. The van der Waals surface area contributed by atoms with E-state index in [1.807, 2.05) is 12.1 Å². The molecule has 1 aliphatic heterocycles. The van der Waals surface area contributed by atoms with Crippen molar-refractivity contribution in [2.45, 2.75) is 37.7 Å². The minimum absolute atomic E-state index is 0.00844. The monoisotopic (exact) mass is 455 g/mol. The first-order valence-corrected chi connectivity index (χ1v) is 11.4. The number of likely N-dealkylation sites (tertiary alicyclic amines) is 1. The van der Waals surface area contributed by atoms with E-state index in [1.165, 1.54) is 5.56 Å². The summed E-state index contributed by atoms with van der Waals surface area (Å²) in [6.45, 7) is 1.18. The summed E-state index contributed by atoms with van der Waals surface area (Å²) in [6.07, 6.45) is 8.87. The molecule has 9 heteroatoms. The van der Waals surface area contributed by atoms with E-state index in [1.54, 1.807) is 35.6 Å². The lowest BCUT2D eigenvalue weighted by Gasteiger charge is -2.30. The number of nitrogens with two attached hydrogens (primary N) is 1. The maximum Gasteiger partial charge on any atom is 0.314 e. The molecular formula is C25H25N7O2. The van der Waals surface area contributed by atoms with Gasteiger partial charge < -0.3 is 20.7 Å². The molecule has 5 rings (SSSR count). The highest BCUT2D eigenvalue weighted by molar-refractivity contribution is 5.72. The van der Waals surface area contributed by atoms with Crippen LogP contribution in [0.2, 0.25) is 0 Å². The lowest BCUT2D eigenvalue weighted by molar-refractivity contribution is 0.114. The van der Waals surface area contributed by atoms with Gasteiger partial charge in [0.1, 0.15) is 23.5 Å². The van der Waals surface area contributed by atoms with Crippen molar-refractivity contribution >= 4 is 17.7 Å². The summed E-state index contributed by atoms with van der Waals surface area (Å²) in [6, 6.07) is 11.2. The maximum absolute atomic E-state index is 11.3. The summed E-state index contributed by atoms with van der Waals surface area (Å²) in [4.78, 5) is 26.5. The Morgan fingerprint density at radius 3 is 2.68 bits per heavy atom. The molecule has 2 aliphatic rings. The van der Waals surface area contributed by atoms with Gasteiger partial charge in [0.25, 0.3) is 0 Å². The predicted molar refractivity (Wildman–Crippen MR) is 126 cm³/mol. The minimum atomic E-state index is -0.386. The van der Waals surface area contributed by atoms with Gasteiger partial charge in [-0.2, -0.15) is 5.26 Å². The Morgan fingerprint density at radius 2 is 1.94 bits per heavy atom. The number of nitriles is 1. The predicted octanol–water partition coefficient (Wildman–Crippen LogP) is 3.95. The Morgan fingerprint density at radius 1 is 1.12 bits per heavy atom. The molecule has 3 aromatic rings. The van der Waals surface area contributed by atoms with Gasteiger partial charge in [0.05, 0.1) is 23.5 Å². The number of pyridine rings is 3. The largest absolute Gasteiger partial charge is 0.489 e. The van der Waals surface area contributed by atoms with Crippen molar-refractivity contribution in [1.82, 2.24) is 19.9 Å². The number of urea groups is 1. The van der Waals surface area contributed by atoms with Gasteiger partial charge in [-0.1, -0.05) is 0 Å². The van der Waals surface area contributed by atoms with E-state index in [2.05, 4.69) is 27.4 Å². The number of hydrogen-bond donors (Lipinski definition) is 2. The van der Waals surface area contributed by atoms with Crippen molar-refractivity contribution in [1.29, 1.82) is 5.26 Å². The quantitative estimate of drug-likeness (QED) is 0.575. The number of hydrogen-bond acceptors (Lipinski definition) is 7. The fourth-order valence-corrected chi connectivity index (χ4v) is 4.13. The number of primary amides is 1. The molecular weight excluding hydrogens is 430 g/mol. The molecule has 3 aromatic heterocycles. The van der Waals surface area contributed by atoms with E-state index in [4.69, 9.17) is 20.7 Å². The zero-order valence-corrected chi connectivity index (χ0v) is 18.6. The van der Waals surface area contributed by atoms with Gasteiger partial charge in [-0.15, -0.1) is 0 Å². The van der Waals surface area contributed by atoms with Gasteiger partial charge in [-0.3, -0.25) is 4.98 Å². The number of carbonyl (C=O) groups excluding carboxylic acids is 1. The highest BCUT2D eigenvalue weighted by Crippen LogP contribution is 2.42. The second kappa shape index (κ2) is 9.35. The van der Waals surface area contributed by atoms with Crippen molar-refractivity contribution in [2.75, 3.05) is 18.4 Å². The number of anilines is 2. The number of amides is 2. The third kappa shape index (κ3) is 5.07. The number of nitrogens with one attached hydrogen (secondary N) is 1. The Hall–Kier alpha value is -4.19. The van der Waals surface area contributed by atoms with Crippen LogP contribution in [0.3, 0.4) is 0 Å². The van der Waals surface area contributed by atoms with E-state index in [0.29, 0.717) is 42.0 Å². The van der Waals surface area contributed by atoms with Gasteiger partial charge in [-0.25, -0.2) is 14.8 Å². The van der Waals surface area contributed by atoms with E-state index in [9.17, 15) is 4.79 Å². The average Bonchev–Trinajstić information content (AvgIpc) is 3.70. The molecule has 0 aromatic carbocycles. The Kier molecular flexibility index (Phi) is 5.95. The second-order valence-corrected chi connectivity index (χ2v) is 8.66. The first kappa shape index (κ1) is 21.6. The molecule has 0 atom stereocenters. The lowest BCUT2D eigenvalue weighted by Crippen LogP contribution is -2.44. The third-order valence-corrected chi connectivity index (χ3v) is 6.11.